The molecule has 5 nitrogen and oxygen atoms in total. The van der Waals surface area contributed by atoms with E-state index in [1.165, 1.54) is 0 Å². The van der Waals surface area contributed by atoms with Crippen LogP contribution in [0.5, 0.6) is 0 Å². The highest BCUT2D eigenvalue weighted by molar-refractivity contribution is 7.18. The lowest BCUT2D eigenvalue weighted by Gasteiger charge is -2.19. The molecule has 132 valence electrons. The number of hydrogen-bond acceptors (Lipinski definition) is 4. The van der Waals surface area contributed by atoms with Crippen molar-refractivity contribution >= 4 is 44.7 Å². The Morgan fingerprint density at radius 1 is 1.38 bits per heavy atom. The monoisotopic (exact) mass is 385 g/mol. The number of thiazole rings is 1. The highest BCUT2D eigenvalue weighted by Gasteiger charge is 2.22. The molecule has 0 bridgehead atoms. The Kier molecular flexibility index (Phi) is 5.52. The maximum absolute atomic E-state index is 12.4. The van der Waals surface area contributed by atoms with Crippen LogP contribution in [0.3, 0.4) is 0 Å². The first-order valence-electron chi connectivity index (χ1n) is 8.15. The fraction of sp³-hybridized carbons (Fsp3) is 0.211. The van der Waals surface area contributed by atoms with Crippen LogP contribution in [-0.2, 0) is 4.79 Å². The minimum absolute atomic E-state index is 0.0768. The summed E-state index contributed by atoms with van der Waals surface area (Å²) in [5.41, 5.74) is 1.80. The highest BCUT2D eigenvalue weighted by atomic mass is 35.5. The lowest BCUT2D eigenvalue weighted by atomic mass is 10.2. The molecule has 3 aromatic rings. The van der Waals surface area contributed by atoms with Gasteiger partial charge in [-0.05, 0) is 37.3 Å². The van der Waals surface area contributed by atoms with Crippen molar-refractivity contribution in [2.45, 2.75) is 13.0 Å². The van der Waals surface area contributed by atoms with Gasteiger partial charge in [-0.25, -0.2) is 4.98 Å². The lowest BCUT2D eigenvalue weighted by Crippen LogP contribution is -3.10. The average molecular weight is 386 g/mol. The molecular formula is C19H18ClN4OS+. The third kappa shape index (κ3) is 4.02. The van der Waals surface area contributed by atoms with Crippen molar-refractivity contribution in [2.24, 2.45) is 0 Å². The van der Waals surface area contributed by atoms with E-state index in [-0.39, 0.29) is 18.5 Å². The Bertz CT molecular complexity index is 962. The SMILES string of the molecule is C[C@H](c1nc2ccccc2s1)[NH+](C)CC(=O)Nc1cc(Cl)ccc1C#N. The predicted molar refractivity (Wildman–Crippen MR) is 105 cm³/mol. The van der Waals surface area contributed by atoms with Gasteiger partial charge >= 0.3 is 0 Å². The number of carbonyl (C=O) groups is 1. The molecule has 0 radical (unpaired) electrons. The van der Waals surface area contributed by atoms with Crippen molar-refractivity contribution in [2.75, 3.05) is 18.9 Å². The van der Waals surface area contributed by atoms with E-state index in [0.29, 0.717) is 16.3 Å². The summed E-state index contributed by atoms with van der Waals surface area (Å²) < 4.78 is 1.14. The summed E-state index contributed by atoms with van der Waals surface area (Å²) in [7, 11) is 1.96. The number of benzene rings is 2. The number of amides is 1. The zero-order valence-electron chi connectivity index (χ0n) is 14.4. The van der Waals surface area contributed by atoms with Crippen LogP contribution in [0.2, 0.25) is 5.02 Å². The number of fused-ring (bicyclic) bond motifs is 1. The average Bonchev–Trinajstić information content (AvgIpc) is 3.05. The molecular weight excluding hydrogens is 368 g/mol. The third-order valence-corrected chi connectivity index (χ3v) is 5.69. The predicted octanol–water partition coefficient (Wildman–Crippen LogP) is 3.04. The summed E-state index contributed by atoms with van der Waals surface area (Å²) >= 11 is 7.61. The number of nitrogens with one attached hydrogen (secondary N) is 2. The van der Waals surface area contributed by atoms with Gasteiger partial charge in [-0.2, -0.15) is 5.26 Å². The largest absolute Gasteiger partial charge is 0.322 e. The van der Waals surface area contributed by atoms with E-state index in [2.05, 4.69) is 23.3 Å². The number of nitrogens with zero attached hydrogens (tertiary/aromatic N) is 2. The number of likely N-dealkylation sites (N-methyl/N-ethyl adjacent to an activating group) is 1. The van der Waals surface area contributed by atoms with Crippen LogP contribution in [0, 0.1) is 11.3 Å². The fourth-order valence-electron chi connectivity index (χ4n) is 2.60. The molecule has 1 unspecified atom stereocenters. The molecule has 0 spiro atoms. The summed E-state index contributed by atoms with van der Waals surface area (Å²) in [6.45, 7) is 2.31. The number of hydrogen-bond donors (Lipinski definition) is 2. The molecule has 0 aliphatic heterocycles. The molecule has 1 amide bonds. The van der Waals surface area contributed by atoms with Gasteiger partial charge in [0.2, 0.25) is 0 Å². The van der Waals surface area contributed by atoms with Crippen LogP contribution in [0.4, 0.5) is 5.69 Å². The zero-order valence-corrected chi connectivity index (χ0v) is 16.0. The van der Waals surface area contributed by atoms with Crippen molar-refractivity contribution in [3.63, 3.8) is 0 Å². The van der Waals surface area contributed by atoms with Crippen LogP contribution in [0.1, 0.15) is 23.5 Å². The van der Waals surface area contributed by atoms with Crippen LogP contribution in [0.15, 0.2) is 42.5 Å². The molecule has 26 heavy (non-hydrogen) atoms. The van der Waals surface area contributed by atoms with Gasteiger partial charge in [0.25, 0.3) is 5.91 Å². The Labute approximate surface area is 160 Å². The summed E-state index contributed by atoms with van der Waals surface area (Å²) in [6.07, 6.45) is 0. The fourth-order valence-corrected chi connectivity index (χ4v) is 3.89. The van der Waals surface area contributed by atoms with E-state index in [1.54, 1.807) is 29.5 Å². The third-order valence-electron chi connectivity index (χ3n) is 4.24. The van der Waals surface area contributed by atoms with Crippen LogP contribution in [-0.4, -0.2) is 24.5 Å². The van der Waals surface area contributed by atoms with Gasteiger partial charge in [0.05, 0.1) is 28.5 Å². The van der Waals surface area contributed by atoms with Gasteiger partial charge in [-0.3, -0.25) is 4.79 Å². The molecule has 3 rings (SSSR count). The summed E-state index contributed by atoms with van der Waals surface area (Å²) in [5.74, 6) is -0.172. The van der Waals surface area contributed by atoms with Crippen molar-refractivity contribution < 1.29 is 9.69 Å². The number of para-hydroxylation sites is 1. The maximum Gasteiger partial charge on any atom is 0.279 e. The zero-order chi connectivity index (χ0) is 18.7. The van der Waals surface area contributed by atoms with E-state index in [0.717, 1.165) is 20.1 Å². The molecule has 7 heteroatoms. The first-order chi connectivity index (χ1) is 12.5. The number of anilines is 1. The molecule has 0 saturated heterocycles. The van der Waals surface area contributed by atoms with Gasteiger partial charge < -0.3 is 10.2 Å². The molecule has 0 fully saturated rings. The molecule has 0 saturated carbocycles. The number of nitriles is 1. The van der Waals surface area contributed by atoms with E-state index < -0.39 is 0 Å². The Balaban J connectivity index is 1.69. The molecule has 0 aliphatic carbocycles. The minimum atomic E-state index is -0.172. The molecule has 1 aromatic heterocycles. The molecule has 2 N–H and O–H groups in total. The molecule has 2 atom stereocenters. The summed E-state index contributed by atoms with van der Waals surface area (Å²) in [4.78, 5) is 18.1. The second-order valence-corrected chi connectivity index (χ2v) is 7.61. The van der Waals surface area contributed by atoms with Crippen molar-refractivity contribution in [3.05, 3.63) is 58.1 Å². The molecule has 2 aromatic carbocycles. The van der Waals surface area contributed by atoms with Crippen molar-refractivity contribution in [3.8, 4) is 6.07 Å². The number of aromatic nitrogens is 1. The topological polar surface area (TPSA) is 70.2 Å². The van der Waals surface area contributed by atoms with Crippen LogP contribution >= 0.6 is 22.9 Å². The molecule has 0 aliphatic rings. The Morgan fingerprint density at radius 2 is 2.15 bits per heavy atom. The van der Waals surface area contributed by atoms with Gasteiger partial charge in [-0.15, -0.1) is 11.3 Å². The first kappa shape index (κ1) is 18.3. The lowest BCUT2D eigenvalue weighted by molar-refractivity contribution is -0.902. The van der Waals surface area contributed by atoms with E-state index in [4.69, 9.17) is 16.9 Å². The van der Waals surface area contributed by atoms with E-state index in [9.17, 15) is 4.79 Å². The second-order valence-electron chi connectivity index (χ2n) is 6.11. The van der Waals surface area contributed by atoms with Gasteiger partial charge in [0.15, 0.2) is 11.6 Å². The highest BCUT2D eigenvalue weighted by Crippen LogP contribution is 2.24. The second kappa shape index (κ2) is 7.83. The quantitative estimate of drug-likeness (QED) is 0.709. The number of halogens is 1. The van der Waals surface area contributed by atoms with Crippen LogP contribution in [0.25, 0.3) is 10.2 Å². The van der Waals surface area contributed by atoms with Crippen LogP contribution < -0.4 is 10.2 Å². The summed E-state index contributed by atoms with van der Waals surface area (Å²) in [5, 5.41) is 13.4. The number of quaternary nitrogens is 1. The Hall–Kier alpha value is -2.46. The van der Waals surface area contributed by atoms with Gasteiger partial charge in [0, 0.05) is 5.02 Å². The standard InChI is InChI=1S/C19H17ClN4OS/c1-12(19-23-15-5-3-4-6-17(15)26-19)24(2)11-18(25)22-16-9-14(20)8-7-13(16)10-21/h3-9,12H,11H2,1-2H3,(H,22,25)/p+1/t12-/m1/s1. The normalized spacial score (nSPS) is 13.2. The van der Waals surface area contributed by atoms with Gasteiger partial charge in [-0.1, -0.05) is 23.7 Å². The van der Waals surface area contributed by atoms with Crippen molar-refractivity contribution in [1.82, 2.24) is 4.98 Å². The number of rotatable bonds is 5. The number of carbonyl (C=O) groups excluding carboxylic acids is 1. The minimum Gasteiger partial charge on any atom is -0.322 e. The smallest absolute Gasteiger partial charge is 0.279 e. The molecule has 1 heterocycles. The summed E-state index contributed by atoms with van der Waals surface area (Å²) in [6, 6.07) is 15.0. The Morgan fingerprint density at radius 3 is 2.88 bits per heavy atom. The first-order valence-corrected chi connectivity index (χ1v) is 9.34. The van der Waals surface area contributed by atoms with Crippen molar-refractivity contribution in [1.29, 1.82) is 5.26 Å². The maximum atomic E-state index is 12.4. The van der Waals surface area contributed by atoms with Gasteiger partial charge in [0.1, 0.15) is 12.1 Å². The van der Waals surface area contributed by atoms with E-state index in [1.807, 2.05) is 31.3 Å². The van der Waals surface area contributed by atoms with E-state index >= 15 is 0 Å².